The number of alkyl halides is 3. The molecule has 0 aromatic carbocycles. The van der Waals surface area contributed by atoms with Gasteiger partial charge in [-0.25, -0.2) is 4.98 Å². The molecule has 0 N–H and O–H groups in total. The van der Waals surface area contributed by atoms with Crippen LogP contribution in [0.4, 0.5) is 13.2 Å². The van der Waals surface area contributed by atoms with Crippen LogP contribution in [0, 0.1) is 6.92 Å². The molecule has 0 radical (unpaired) electrons. The Kier molecular flexibility index (Phi) is 5.12. The number of thiazole rings is 1. The number of nitrogens with zero attached hydrogens (tertiary/aromatic N) is 5. The van der Waals surface area contributed by atoms with Crippen molar-refractivity contribution < 1.29 is 18.0 Å². The normalized spacial score (nSPS) is 18.1. The van der Waals surface area contributed by atoms with Gasteiger partial charge in [0.25, 0.3) is 0 Å². The van der Waals surface area contributed by atoms with Crippen LogP contribution in [-0.4, -0.2) is 43.5 Å². The van der Waals surface area contributed by atoms with Crippen molar-refractivity contribution in [1.82, 2.24) is 24.5 Å². The number of aromatic nitrogens is 4. The molecule has 1 amide bonds. The zero-order valence-corrected chi connectivity index (χ0v) is 16.4. The molecule has 10 heteroatoms. The fourth-order valence-electron chi connectivity index (χ4n) is 3.46. The number of hydrogen-bond donors (Lipinski definition) is 0. The second-order valence-electron chi connectivity index (χ2n) is 6.94. The number of halogens is 3. The molecule has 1 aliphatic heterocycles. The van der Waals surface area contributed by atoms with Gasteiger partial charge in [0.2, 0.25) is 5.91 Å². The molecule has 0 bridgehead atoms. The maximum Gasteiger partial charge on any atom is 0.417 e. The molecule has 1 atom stereocenters. The highest BCUT2D eigenvalue weighted by Crippen LogP contribution is 2.31. The van der Waals surface area contributed by atoms with Gasteiger partial charge in [-0.2, -0.15) is 13.2 Å². The zero-order valence-electron chi connectivity index (χ0n) is 15.6. The molecule has 0 aliphatic carbocycles. The molecule has 3 aromatic heterocycles. The summed E-state index contributed by atoms with van der Waals surface area (Å²) in [6, 6.07) is 2.31. The largest absolute Gasteiger partial charge is 0.417 e. The molecule has 4 heterocycles. The molecule has 152 valence electrons. The van der Waals surface area contributed by atoms with E-state index in [1.165, 1.54) is 27.9 Å². The highest BCUT2D eigenvalue weighted by molar-refractivity contribution is 7.12. The highest BCUT2D eigenvalue weighted by atomic mass is 32.1. The Hall–Kier alpha value is -2.75. The summed E-state index contributed by atoms with van der Waals surface area (Å²) in [5, 5.41) is 9.03. The molecule has 1 fully saturated rings. The molecular formula is C19H18F3N5OS. The number of rotatable bonds is 3. The Bertz CT molecular complexity index is 1070. The van der Waals surface area contributed by atoms with Crippen molar-refractivity contribution in [3.63, 3.8) is 0 Å². The number of pyridine rings is 1. The van der Waals surface area contributed by atoms with Crippen LogP contribution in [0.15, 0.2) is 30.6 Å². The topological polar surface area (TPSA) is 63.4 Å². The van der Waals surface area contributed by atoms with E-state index in [1.807, 2.05) is 6.92 Å². The van der Waals surface area contributed by atoms with Gasteiger partial charge in [0.15, 0.2) is 5.65 Å². The lowest BCUT2D eigenvalue weighted by Gasteiger charge is -2.31. The van der Waals surface area contributed by atoms with Crippen LogP contribution in [0.1, 0.15) is 40.0 Å². The van der Waals surface area contributed by atoms with Gasteiger partial charge < -0.3 is 4.90 Å². The molecule has 1 unspecified atom stereocenters. The highest BCUT2D eigenvalue weighted by Gasteiger charge is 2.32. The molecule has 0 saturated carbocycles. The average Bonchev–Trinajstić information content (AvgIpc) is 3.31. The lowest BCUT2D eigenvalue weighted by molar-refractivity contribution is -0.137. The second-order valence-corrected chi connectivity index (χ2v) is 8.21. The average molecular weight is 421 g/mol. The third-order valence-corrected chi connectivity index (χ3v) is 5.76. The third-order valence-electron chi connectivity index (χ3n) is 4.88. The lowest BCUT2D eigenvalue weighted by atomic mass is 9.97. The Balaban J connectivity index is 1.53. The van der Waals surface area contributed by atoms with E-state index in [-0.39, 0.29) is 11.8 Å². The summed E-state index contributed by atoms with van der Waals surface area (Å²) in [5.74, 6) is 0.140. The molecular weight excluding hydrogens is 403 g/mol. The van der Waals surface area contributed by atoms with E-state index >= 15 is 0 Å². The Morgan fingerprint density at radius 2 is 2.14 bits per heavy atom. The van der Waals surface area contributed by atoms with Gasteiger partial charge in [-0.15, -0.1) is 21.5 Å². The predicted octanol–water partition coefficient (Wildman–Crippen LogP) is 3.93. The minimum atomic E-state index is -4.44. The monoisotopic (exact) mass is 421 g/mol. The fourth-order valence-corrected chi connectivity index (χ4v) is 4.14. The van der Waals surface area contributed by atoms with Crippen LogP contribution in [0.5, 0.6) is 0 Å². The Morgan fingerprint density at radius 1 is 1.31 bits per heavy atom. The van der Waals surface area contributed by atoms with E-state index in [9.17, 15) is 18.0 Å². The zero-order chi connectivity index (χ0) is 20.6. The fraction of sp³-hybridized carbons (Fsp3) is 0.368. The van der Waals surface area contributed by atoms with Gasteiger partial charge in [0, 0.05) is 42.4 Å². The number of aryl methyl sites for hydroxylation is 1. The van der Waals surface area contributed by atoms with E-state index in [0.717, 1.165) is 35.0 Å². The van der Waals surface area contributed by atoms with Crippen molar-refractivity contribution in [3.8, 4) is 0 Å². The summed E-state index contributed by atoms with van der Waals surface area (Å²) in [6.07, 6.45) is 3.03. The standard InChI is InChI=1S/C19H18F3N5OS/c1-12-23-9-15(29-12)5-7-17(28)26-8-2-3-13(10-26)18-25-24-16-6-4-14(11-27(16)18)19(20,21)22/h4-7,9,11,13H,2-3,8,10H2,1H3. The summed E-state index contributed by atoms with van der Waals surface area (Å²) in [5.41, 5.74) is -0.394. The summed E-state index contributed by atoms with van der Waals surface area (Å²) in [4.78, 5) is 19.3. The number of carbonyl (C=O) groups is 1. The number of piperidine rings is 1. The van der Waals surface area contributed by atoms with Gasteiger partial charge in [-0.1, -0.05) is 0 Å². The molecule has 6 nitrogen and oxygen atoms in total. The van der Waals surface area contributed by atoms with Crippen molar-refractivity contribution in [1.29, 1.82) is 0 Å². The van der Waals surface area contributed by atoms with Crippen LogP contribution in [0.2, 0.25) is 0 Å². The van der Waals surface area contributed by atoms with Crippen LogP contribution in [0.25, 0.3) is 11.7 Å². The van der Waals surface area contributed by atoms with E-state index in [0.29, 0.717) is 24.6 Å². The van der Waals surface area contributed by atoms with Gasteiger partial charge in [0.1, 0.15) is 5.82 Å². The van der Waals surface area contributed by atoms with E-state index in [2.05, 4.69) is 15.2 Å². The Morgan fingerprint density at radius 3 is 2.86 bits per heavy atom. The molecule has 4 rings (SSSR count). The molecule has 29 heavy (non-hydrogen) atoms. The first-order chi connectivity index (χ1) is 13.8. The molecule has 1 aliphatic rings. The van der Waals surface area contributed by atoms with Gasteiger partial charge in [-0.3, -0.25) is 9.20 Å². The van der Waals surface area contributed by atoms with Gasteiger partial charge in [0.05, 0.1) is 10.6 Å². The second kappa shape index (κ2) is 7.58. The SMILES string of the molecule is Cc1ncc(C=CC(=O)N2CCCC(c3nnc4ccc(C(F)(F)F)cn34)C2)s1. The molecule has 0 spiro atoms. The van der Waals surface area contributed by atoms with E-state index < -0.39 is 11.7 Å². The van der Waals surface area contributed by atoms with Crippen molar-refractivity contribution in [2.75, 3.05) is 13.1 Å². The maximum atomic E-state index is 13.1. The predicted molar refractivity (Wildman–Crippen MR) is 102 cm³/mol. The maximum absolute atomic E-state index is 13.1. The smallest absolute Gasteiger partial charge is 0.338 e. The van der Waals surface area contributed by atoms with Crippen LogP contribution < -0.4 is 0 Å². The third kappa shape index (κ3) is 4.16. The number of amides is 1. The number of hydrogen-bond acceptors (Lipinski definition) is 5. The number of likely N-dealkylation sites (tertiary alicyclic amines) is 1. The van der Waals surface area contributed by atoms with Crippen LogP contribution in [-0.2, 0) is 11.0 Å². The number of carbonyl (C=O) groups excluding carboxylic acids is 1. The van der Waals surface area contributed by atoms with Crippen LogP contribution >= 0.6 is 11.3 Å². The minimum Gasteiger partial charge on any atom is -0.338 e. The minimum absolute atomic E-state index is 0.134. The van der Waals surface area contributed by atoms with Crippen molar-refractivity contribution >= 4 is 29.0 Å². The van der Waals surface area contributed by atoms with Crippen LogP contribution in [0.3, 0.4) is 0 Å². The first-order valence-corrected chi connectivity index (χ1v) is 9.94. The molecule has 3 aromatic rings. The number of fused-ring (bicyclic) bond motifs is 1. The summed E-state index contributed by atoms with van der Waals surface area (Å²) in [7, 11) is 0. The molecule has 1 saturated heterocycles. The summed E-state index contributed by atoms with van der Waals surface area (Å²) >= 11 is 1.50. The first kappa shape index (κ1) is 19.6. The lowest BCUT2D eigenvalue weighted by Crippen LogP contribution is -2.38. The van der Waals surface area contributed by atoms with Crippen molar-refractivity contribution in [2.45, 2.75) is 31.9 Å². The van der Waals surface area contributed by atoms with Crippen molar-refractivity contribution in [3.05, 3.63) is 51.9 Å². The van der Waals surface area contributed by atoms with Gasteiger partial charge >= 0.3 is 6.18 Å². The summed E-state index contributed by atoms with van der Waals surface area (Å²) in [6.45, 7) is 2.89. The van der Waals surface area contributed by atoms with E-state index in [4.69, 9.17) is 0 Å². The Labute approximate surface area is 168 Å². The quantitative estimate of drug-likeness (QED) is 0.601. The first-order valence-electron chi connectivity index (χ1n) is 9.12. The van der Waals surface area contributed by atoms with Gasteiger partial charge in [-0.05, 0) is 38.0 Å². The van der Waals surface area contributed by atoms with Crippen molar-refractivity contribution in [2.24, 2.45) is 0 Å². The van der Waals surface area contributed by atoms with E-state index in [1.54, 1.807) is 17.2 Å². The summed E-state index contributed by atoms with van der Waals surface area (Å²) < 4.78 is 40.6.